The zero-order valence-electron chi connectivity index (χ0n) is 11.1. The molecule has 4 nitrogen and oxygen atoms in total. The maximum Gasteiger partial charge on any atom is 0.407 e. The molecular weight excluding hydrogens is 274 g/mol. The van der Waals surface area contributed by atoms with Gasteiger partial charge in [-0.1, -0.05) is 12.1 Å². The molecule has 0 spiro atoms. The van der Waals surface area contributed by atoms with Crippen LogP contribution in [-0.2, 0) is 0 Å². The number of carboxylic acid groups (broad SMARTS) is 1. The van der Waals surface area contributed by atoms with E-state index in [1.54, 1.807) is 11.3 Å². The van der Waals surface area contributed by atoms with Crippen molar-refractivity contribution < 1.29 is 14.6 Å². The van der Waals surface area contributed by atoms with Gasteiger partial charge in [-0.2, -0.15) is 0 Å². The Morgan fingerprint density at radius 3 is 2.95 bits per heavy atom. The monoisotopic (exact) mass is 289 g/mol. The van der Waals surface area contributed by atoms with Crippen LogP contribution in [0.4, 0.5) is 4.79 Å². The molecule has 1 atom stereocenters. The average Bonchev–Trinajstić information content (AvgIpc) is 2.94. The SMILES string of the molecule is CCN(CC1Oc2ccccc2-c2sccc21)C(=O)O. The molecule has 1 amide bonds. The first kappa shape index (κ1) is 13.0. The van der Waals surface area contributed by atoms with Gasteiger partial charge in [0, 0.05) is 22.5 Å². The number of fused-ring (bicyclic) bond motifs is 3. The van der Waals surface area contributed by atoms with E-state index < -0.39 is 6.09 Å². The number of para-hydroxylation sites is 1. The molecule has 0 bridgehead atoms. The van der Waals surface area contributed by atoms with Crippen LogP contribution < -0.4 is 4.74 Å². The Morgan fingerprint density at radius 1 is 1.40 bits per heavy atom. The van der Waals surface area contributed by atoms with Crippen LogP contribution in [0, 0.1) is 0 Å². The lowest BCUT2D eigenvalue weighted by Crippen LogP contribution is -2.35. The van der Waals surface area contributed by atoms with Crippen LogP contribution in [0.3, 0.4) is 0 Å². The van der Waals surface area contributed by atoms with Crippen LogP contribution in [0.1, 0.15) is 18.6 Å². The van der Waals surface area contributed by atoms with E-state index in [-0.39, 0.29) is 6.10 Å². The van der Waals surface area contributed by atoms with Crippen molar-refractivity contribution in [1.82, 2.24) is 4.90 Å². The van der Waals surface area contributed by atoms with Crippen molar-refractivity contribution >= 4 is 17.4 Å². The smallest absolute Gasteiger partial charge is 0.407 e. The van der Waals surface area contributed by atoms with Crippen molar-refractivity contribution in [3.8, 4) is 16.2 Å². The Balaban J connectivity index is 1.95. The van der Waals surface area contributed by atoms with E-state index >= 15 is 0 Å². The van der Waals surface area contributed by atoms with Crippen molar-refractivity contribution in [2.45, 2.75) is 13.0 Å². The summed E-state index contributed by atoms with van der Waals surface area (Å²) >= 11 is 1.67. The number of nitrogens with zero attached hydrogens (tertiary/aromatic N) is 1. The summed E-state index contributed by atoms with van der Waals surface area (Å²) in [6.07, 6.45) is -1.14. The van der Waals surface area contributed by atoms with E-state index in [1.165, 1.54) is 9.78 Å². The first-order chi connectivity index (χ1) is 9.70. The predicted octanol–water partition coefficient (Wildman–Crippen LogP) is 3.85. The summed E-state index contributed by atoms with van der Waals surface area (Å²) in [5, 5.41) is 11.2. The molecule has 2 heterocycles. The highest BCUT2D eigenvalue weighted by Gasteiger charge is 2.29. The molecule has 0 fully saturated rings. The van der Waals surface area contributed by atoms with Gasteiger partial charge in [0.2, 0.25) is 0 Å². The standard InChI is InChI=1S/C15H15NO3S/c1-2-16(15(17)18)9-13-11-7-8-20-14(11)10-5-3-4-6-12(10)19-13/h3-8,13H,2,9H2,1H3,(H,17,18). The van der Waals surface area contributed by atoms with Crippen LogP contribution >= 0.6 is 11.3 Å². The van der Waals surface area contributed by atoms with Gasteiger partial charge in [0.15, 0.2) is 0 Å². The van der Waals surface area contributed by atoms with E-state index in [0.717, 1.165) is 16.9 Å². The summed E-state index contributed by atoms with van der Waals surface area (Å²) in [5.41, 5.74) is 2.17. The third kappa shape index (κ3) is 2.14. The molecule has 0 aliphatic carbocycles. The molecule has 1 unspecified atom stereocenters. The van der Waals surface area contributed by atoms with Crippen molar-refractivity contribution in [1.29, 1.82) is 0 Å². The van der Waals surface area contributed by atoms with E-state index in [4.69, 9.17) is 4.74 Å². The zero-order valence-corrected chi connectivity index (χ0v) is 11.9. The van der Waals surface area contributed by atoms with Crippen molar-refractivity contribution in [3.63, 3.8) is 0 Å². The molecule has 3 rings (SSSR count). The molecule has 1 N–H and O–H groups in total. The molecule has 20 heavy (non-hydrogen) atoms. The summed E-state index contributed by atoms with van der Waals surface area (Å²) < 4.78 is 6.00. The zero-order chi connectivity index (χ0) is 14.1. The lowest BCUT2D eigenvalue weighted by molar-refractivity contribution is 0.110. The minimum atomic E-state index is -0.910. The Labute approximate surface area is 121 Å². The molecule has 104 valence electrons. The second-order valence-electron chi connectivity index (χ2n) is 4.63. The Morgan fingerprint density at radius 2 is 2.20 bits per heavy atom. The molecule has 2 aromatic rings. The van der Waals surface area contributed by atoms with Gasteiger partial charge < -0.3 is 14.7 Å². The number of ether oxygens (including phenoxy) is 1. The summed E-state index contributed by atoms with van der Waals surface area (Å²) in [7, 11) is 0. The second-order valence-corrected chi connectivity index (χ2v) is 5.55. The van der Waals surface area contributed by atoms with Crippen molar-refractivity contribution in [2.75, 3.05) is 13.1 Å². The fourth-order valence-corrected chi connectivity index (χ4v) is 3.43. The topological polar surface area (TPSA) is 49.8 Å². The second kappa shape index (κ2) is 5.17. The maximum absolute atomic E-state index is 11.2. The van der Waals surface area contributed by atoms with Gasteiger partial charge in [0.1, 0.15) is 11.9 Å². The fourth-order valence-electron chi connectivity index (χ4n) is 2.44. The van der Waals surface area contributed by atoms with Crippen molar-refractivity contribution in [2.24, 2.45) is 0 Å². The minimum absolute atomic E-state index is 0.234. The number of likely N-dealkylation sites (N-methyl/N-ethyl adjacent to an activating group) is 1. The highest BCUT2D eigenvalue weighted by Crippen LogP contribution is 2.45. The van der Waals surface area contributed by atoms with Crippen LogP contribution in [0.15, 0.2) is 35.7 Å². The number of thiophene rings is 1. The number of hydrogen-bond donors (Lipinski definition) is 1. The fraction of sp³-hybridized carbons (Fsp3) is 0.267. The summed E-state index contributed by atoms with van der Waals surface area (Å²) in [5.74, 6) is 0.828. The molecule has 0 saturated heterocycles. The molecule has 5 heteroatoms. The van der Waals surface area contributed by atoms with E-state index in [0.29, 0.717) is 13.1 Å². The molecule has 1 aromatic carbocycles. The number of rotatable bonds is 3. The van der Waals surface area contributed by atoms with Crippen LogP contribution in [-0.4, -0.2) is 29.2 Å². The van der Waals surface area contributed by atoms with Crippen molar-refractivity contribution in [3.05, 3.63) is 41.3 Å². The normalized spacial score (nSPS) is 15.9. The van der Waals surface area contributed by atoms with Gasteiger partial charge in [0.25, 0.3) is 0 Å². The first-order valence-electron chi connectivity index (χ1n) is 6.52. The summed E-state index contributed by atoms with van der Waals surface area (Å²) in [4.78, 5) is 13.7. The molecule has 0 radical (unpaired) electrons. The minimum Gasteiger partial charge on any atom is -0.483 e. The van der Waals surface area contributed by atoms with E-state index in [1.807, 2.05) is 42.6 Å². The van der Waals surface area contributed by atoms with E-state index in [2.05, 4.69) is 0 Å². The molecular formula is C15H15NO3S. The third-order valence-corrected chi connectivity index (χ3v) is 4.45. The van der Waals surface area contributed by atoms with Gasteiger partial charge in [-0.05, 0) is 30.5 Å². The average molecular weight is 289 g/mol. The quantitative estimate of drug-likeness (QED) is 0.933. The number of hydrogen-bond acceptors (Lipinski definition) is 3. The maximum atomic E-state index is 11.2. The highest BCUT2D eigenvalue weighted by molar-refractivity contribution is 7.13. The molecule has 0 saturated carbocycles. The van der Waals surface area contributed by atoms with Gasteiger partial charge >= 0.3 is 6.09 Å². The highest BCUT2D eigenvalue weighted by atomic mass is 32.1. The van der Waals surface area contributed by atoms with Crippen LogP contribution in [0.5, 0.6) is 5.75 Å². The number of carbonyl (C=O) groups is 1. The number of benzene rings is 1. The summed E-state index contributed by atoms with van der Waals surface area (Å²) in [6, 6.07) is 9.92. The molecule has 1 aliphatic heterocycles. The van der Waals surface area contributed by atoms with Gasteiger partial charge in [-0.25, -0.2) is 4.79 Å². The van der Waals surface area contributed by atoms with Gasteiger partial charge in [-0.3, -0.25) is 0 Å². The van der Waals surface area contributed by atoms with Gasteiger partial charge in [0.05, 0.1) is 6.54 Å². The predicted molar refractivity (Wildman–Crippen MR) is 78.4 cm³/mol. The summed E-state index contributed by atoms with van der Waals surface area (Å²) in [6.45, 7) is 2.64. The van der Waals surface area contributed by atoms with Gasteiger partial charge in [-0.15, -0.1) is 11.3 Å². The lowest BCUT2D eigenvalue weighted by atomic mass is 10.0. The first-order valence-corrected chi connectivity index (χ1v) is 7.40. The lowest BCUT2D eigenvalue weighted by Gasteiger charge is -2.29. The van der Waals surface area contributed by atoms with Crippen LogP contribution in [0.2, 0.25) is 0 Å². The largest absolute Gasteiger partial charge is 0.483 e. The number of amides is 1. The van der Waals surface area contributed by atoms with E-state index in [9.17, 15) is 9.90 Å². The Hall–Kier alpha value is -2.01. The Kier molecular flexibility index (Phi) is 3.36. The van der Waals surface area contributed by atoms with Crippen LogP contribution in [0.25, 0.3) is 10.4 Å². The molecule has 1 aromatic heterocycles. The molecule has 1 aliphatic rings. The third-order valence-electron chi connectivity index (χ3n) is 3.48. The Bertz CT molecular complexity index is 638.